The summed E-state index contributed by atoms with van der Waals surface area (Å²) >= 11 is 0. The molecule has 10 nitrogen and oxygen atoms in total. The van der Waals surface area contributed by atoms with Crippen LogP contribution in [0.2, 0.25) is 0 Å². The van der Waals surface area contributed by atoms with Gasteiger partial charge >= 0.3 is 13.5 Å². The van der Waals surface area contributed by atoms with Crippen LogP contribution >= 0.6 is 7.82 Å². The van der Waals surface area contributed by atoms with Gasteiger partial charge in [-0.05, 0) is 62.5 Å². The molecule has 0 saturated heterocycles. The average Bonchev–Trinajstić information content (AvgIpc) is 3.49. The molecule has 0 aliphatic heterocycles. The van der Waals surface area contributed by atoms with Gasteiger partial charge in [-0.15, -0.1) is 0 Å². The smallest absolute Gasteiger partial charge is 0.336 e. The van der Waals surface area contributed by atoms with E-state index in [0.29, 0.717) is 81.4 Å². The topological polar surface area (TPSA) is 128 Å². The van der Waals surface area contributed by atoms with Crippen molar-refractivity contribution in [1.82, 2.24) is 19.1 Å². The number of phosphoric acid groups is 1. The van der Waals surface area contributed by atoms with E-state index in [1.807, 2.05) is 74.5 Å². The number of hydrogen-bond acceptors (Lipinski definition) is 6. The molecule has 11 heteroatoms. The first-order valence-corrected chi connectivity index (χ1v) is 17.2. The summed E-state index contributed by atoms with van der Waals surface area (Å²) in [7, 11) is -4.44. The number of phosphoric ester groups is 1. The lowest BCUT2D eigenvalue weighted by Crippen LogP contribution is -2.49. The predicted molar refractivity (Wildman–Crippen MR) is 169 cm³/mol. The Balaban J connectivity index is 1.22. The van der Waals surface area contributed by atoms with E-state index in [0.717, 1.165) is 17.5 Å². The van der Waals surface area contributed by atoms with Crippen molar-refractivity contribution in [3.63, 3.8) is 0 Å². The molecule has 0 amide bonds. The number of H-pyrrole nitrogens is 1. The first-order chi connectivity index (χ1) is 21.2. The minimum atomic E-state index is -4.44. The van der Waals surface area contributed by atoms with Gasteiger partial charge in [0.15, 0.2) is 5.65 Å². The molecule has 2 bridgehead atoms. The van der Waals surface area contributed by atoms with Crippen molar-refractivity contribution in [1.29, 1.82) is 0 Å². The molecule has 2 unspecified atom stereocenters. The molecule has 7 rings (SSSR count). The maximum absolute atomic E-state index is 13.6. The molecule has 2 aromatic carbocycles. The van der Waals surface area contributed by atoms with Gasteiger partial charge < -0.3 is 9.88 Å². The number of aromatic nitrogens is 4. The van der Waals surface area contributed by atoms with Gasteiger partial charge in [0.25, 0.3) is 5.56 Å². The van der Waals surface area contributed by atoms with E-state index in [9.17, 15) is 19.0 Å². The molecule has 2 heterocycles. The molecule has 2 aromatic heterocycles. The first kappa shape index (κ1) is 30.7. The Labute approximate surface area is 256 Å². The summed E-state index contributed by atoms with van der Waals surface area (Å²) < 4.78 is 28.5. The number of nitrogens with one attached hydrogen (secondary N) is 1. The first-order valence-electron chi connectivity index (χ1n) is 15.7. The number of benzene rings is 2. The molecule has 3 aliphatic carbocycles. The molecular weight excluding hydrogens is 579 g/mol. The predicted octanol–water partition coefficient (Wildman–Crippen LogP) is 6.17. The van der Waals surface area contributed by atoms with E-state index < -0.39 is 19.5 Å². The number of nitrogens with zero attached hydrogens (tertiary/aromatic N) is 3. The minimum Gasteiger partial charge on any atom is -0.336 e. The van der Waals surface area contributed by atoms with Crippen molar-refractivity contribution in [2.45, 2.75) is 102 Å². The van der Waals surface area contributed by atoms with Gasteiger partial charge in [0, 0.05) is 24.9 Å². The van der Waals surface area contributed by atoms with Crippen molar-refractivity contribution in [3.8, 4) is 0 Å². The molecule has 44 heavy (non-hydrogen) atoms. The van der Waals surface area contributed by atoms with Crippen LogP contribution in [0.5, 0.6) is 0 Å². The van der Waals surface area contributed by atoms with Crippen molar-refractivity contribution < 1.29 is 18.5 Å². The van der Waals surface area contributed by atoms with Gasteiger partial charge in [-0.1, -0.05) is 74.5 Å². The zero-order valence-corrected chi connectivity index (χ0v) is 26.3. The van der Waals surface area contributed by atoms with E-state index in [-0.39, 0.29) is 16.7 Å². The molecule has 4 aromatic rings. The normalized spacial score (nSPS) is 23.5. The molecular formula is C33H41N4O6P. The van der Waals surface area contributed by atoms with Gasteiger partial charge in [0.05, 0.1) is 11.7 Å². The Morgan fingerprint density at radius 1 is 0.909 bits per heavy atom. The van der Waals surface area contributed by atoms with Crippen LogP contribution in [-0.4, -0.2) is 29.6 Å². The summed E-state index contributed by atoms with van der Waals surface area (Å²) in [4.78, 5) is 45.8. The Kier molecular flexibility index (Phi) is 8.54. The van der Waals surface area contributed by atoms with E-state index in [1.54, 1.807) is 4.57 Å². The molecule has 3 saturated carbocycles. The van der Waals surface area contributed by atoms with Crippen molar-refractivity contribution in [2.24, 2.45) is 0 Å². The van der Waals surface area contributed by atoms with Crippen molar-refractivity contribution in [2.75, 3.05) is 0 Å². The second-order valence-electron chi connectivity index (χ2n) is 12.4. The van der Waals surface area contributed by atoms with Gasteiger partial charge in [-0.25, -0.2) is 14.3 Å². The highest BCUT2D eigenvalue weighted by Gasteiger charge is 2.54. The third-order valence-corrected chi connectivity index (χ3v) is 10.6. The summed E-state index contributed by atoms with van der Waals surface area (Å²) in [5.41, 5.74) is 0.841. The fraction of sp³-hybridized carbons (Fsp3) is 0.485. The summed E-state index contributed by atoms with van der Waals surface area (Å²) in [6.07, 6.45) is 4.94. The van der Waals surface area contributed by atoms with Crippen molar-refractivity contribution >= 4 is 19.0 Å². The highest BCUT2D eigenvalue weighted by Crippen LogP contribution is 2.61. The van der Waals surface area contributed by atoms with Gasteiger partial charge in [-0.2, -0.15) is 0 Å². The standard InChI is InChI=1S/C33H41N4O6P/c1-3-21-36-28-27(29(38)37(22-4-2)31(36)39)34-30(35-28)32-15-18-33(19-16-32,20-17-32)43-44(40,41)42-26(25-13-9-6-10-14-25)23-24-11-7-5-8-12-24/h5-14,26H,3-4,15-23H2,1-2H3,(H,34,35)(H,40,41). The van der Waals surface area contributed by atoms with Crippen LogP contribution in [0, 0.1) is 0 Å². The summed E-state index contributed by atoms with van der Waals surface area (Å²) in [5.74, 6) is 0.715. The summed E-state index contributed by atoms with van der Waals surface area (Å²) in [6, 6.07) is 19.2. The second-order valence-corrected chi connectivity index (χ2v) is 13.7. The van der Waals surface area contributed by atoms with E-state index in [4.69, 9.17) is 14.0 Å². The lowest BCUT2D eigenvalue weighted by Gasteiger charge is -2.52. The summed E-state index contributed by atoms with van der Waals surface area (Å²) in [6.45, 7) is 4.77. The van der Waals surface area contributed by atoms with E-state index in [1.165, 1.54) is 4.57 Å². The molecule has 3 fully saturated rings. The van der Waals surface area contributed by atoms with Crippen LogP contribution in [0.4, 0.5) is 0 Å². The van der Waals surface area contributed by atoms with Crippen LogP contribution in [0.15, 0.2) is 70.3 Å². The number of aromatic amines is 1. The third-order valence-electron chi connectivity index (χ3n) is 9.44. The lowest BCUT2D eigenvalue weighted by molar-refractivity contribution is -0.0715. The Morgan fingerprint density at radius 3 is 2.11 bits per heavy atom. The maximum Gasteiger partial charge on any atom is 0.473 e. The van der Waals surface area contributed by atoms with E-state index >= 15 is 0 Å². The Bertz CT molecular complexity index is 1760. The fourth-order valence-corrected chi connectivity index (χ4v) is 8.37. The number of rotatable bonds is 12. The number of hydrogen-bond donors (Lipinski definition) is 2. The van der Waals surface area contributed by atoms with Crippen LogP contribution < -0.4 is 11.2 Å². The van der Waals surface area contributed by atoms with E-state index in [2.05, 4.69) is 4.98 Å². The molecule has 0 radical (unpaired) electrons. The quantitative estimate of drug-likeness (QED) is 0.181. The lowest BCUT2D eigenvalue weighted by atomic mass is 9.58. The largest absolute Gasteiger partial charge is 0.473 e. The Morgan fingerprint density at radius 2 is 1.50 bits per heavy atom. The summed E-state index contributed by atoms with van der Waals surface area (Å²) in [5, 5.41) is 0. The van der Waals surface area contributed by atoms with Gasteiger partial charge in [0.2, 0.25) is 0 Å². The average molecular weight is 621 g/mol. The van der Waals surface area contributed by atoms with Crippen molar-refractivity contribution in [3.05, 3.63) is 98.5 Å². The maximum atomic E-state index is 13.6. The fourth-order valence-electron chi connectivity index (χ4n) is 7.05. The van der Waals surface area contributed by atoms with Crippen LogP contribution in [0.3, 0.4) is 0 Å². The number of aryl methyl sites for hydroxylation is 1. The molecule has 234 valence electrons. The zero-order chi connectivity index (χ0) is 31.0. The molecule has 0 spiro atoms. The molecule has 2 atom stereocenters. The highest BCUT2D eigenvalue weighted by atomic mass is 31.2. The molecule has 2 N–H and O–H groups in total. The SMILES string of the molecule is CCCn1c(=O)c2[nH]c(C34CCC(OP(=O)(O)OC(Cc5ccccc5)c5ccccc5)(CC3)CC4)nc2n(CCC)c1=O. The third kappa shape index (κ3) is 5.88. The highest BCUT2D eigenvalue weighted by molar-refractivity contribution is 7.47. The van der Waals surface area contributed by atoms with Crippen LogP contribution in [-0.2, 0) is 38.5 Å². The Hall–Kier alpha value is -3.30. The minimum absolute atomic E-state index is 0.318. The molecule has 3 aliphatic rings. The number of fused-ring (bicyclic) bond motifs is 4. The zero-order valence-electron chi connectivity index (χ0n) is 25.4. The van der Waals surface area contributed by atoms with Crippen LogP contribution in [0.1, 0.15) is 88.3 Å². The second kappa shape index (κ2) is 12.2. The monoisotopic (exact) mass is 620 g/mol. The van der Waals surface area contributed by atoms with Gasteiger partial charge in [-0.3, -0.25) is 23.0 Å². The van der Waals surface area contributed by atoms with Crippen LogP contribution in [0.25, 0.3) is 11.2 Å². The van der Waals surface area contributed by atoms with Gasteiger partial charge in [0.1, 0.15) is 11.3 Å². The number of imidazole rings is 1.